The number of hydrogen-bond acceptors (Lipinski definition) is 4. The molecule has 0 unspecified atom stereocenters. The molecule has 2 rings (SSSR count). The summed E-state index contributed by atoms with van der Waals surface area (Å²) in [6.45, 7) is 0. The summed E-state index contributed by atoms with van der Waals surface area (Å²) >= 11 is 0. The zero-order valence-electron chi connectivity index (χ0n) is 12.4. The molecule has 5 nitrogen and oxygen atoms in total. The second-order valence-electron chi connectivity index (χ2n) is 4.24. The number of phenolic OH excluding ortho intramolecular Hbond substituents is 1. The average molecular weight is 307 g/mol. The number of aliphatic carboxylic acids is 1. The molecule has 1 heterocycles. The van der Waals surface area contributed by atoms with Crippen LogP contribution in [0.2, 0.25) is 0 Å². The number of carboxylic acid groups (broad SMARTS) is 1. The third kappa shape index (κ3) is 6.55. The van der Waals surface area contributed by atoms with Gasteiger partial charge in [0.1, 0.15) is 17.7 Å². The Morgan fingerprint density at radius 3 is 2.57 bits per heavy atom. The topological polar surface area (TPSA) is 83.6 Å². The van der Waals surface area contributed by atoms with Crippen molar-refractivity contribution in [1.29, 1.82) is 0 Å². The van der Waals surface area contributed by atoms with Crippen molar-refractivity contribution in [1.82, 2.24) is 4.98 Å². The molecule has 1 aromatic heterocycles. The van der Waals surface area contributed by atoms with Gasteiger partial charge < -0.3 is 14.6 Å². The fraction of sp³-hybridized carbons (Fsp3) is 0.286. The zero-order chi connectivity index (χ0) is 13.7. The van der Waals surface area contributed by atoms with E-state index in [1.807, 2.05) is 6.07 Å². The van der Waals surface area contributed by atoms with E-state index >= 15 is 0 Å². The van der Waals surface area contributed by atoms with Gasteiger partial charge in [0.05, 0.1) is 0 Å². The first-order valence-electron chi connectivity index (χ1n) is 6.11. The molecule has 2 aromatic rings. The normalized spacial score (nSPS) is 9.52. The summed E-state index contributed by atoms with van der Waals surface area (Å²) in [5, 5.41) is 18.2. The number of aromatic hydroxyl groups is 1. The van der Waals surface area contributed by atoms with Crippen LogP contribution in [-0.4, -0.2) is 80.3 Å². The minimum atomic E-state index is -0.790. The molecule has 7 heteroatoms. The molecule has 102 valence electrons. The van der Waals surface area contributed by atoms with E-state index in [-0.39, 0.29) is 71.3 Å². The largest absolute Gasteiger partial charge is 0.507 e. The predicted molar refractivity (Wildman–Crippen MR) is 80.3 cm³/mol. The standard InChI is InChI=1S/C14H15NO4.2Na/c16-12-6-2-1-5-10(12)11-9-19-13(15-11)7-3-4-8-14(17)18;;/h1-2,5-6,9,16H,3-4,7-8H2,(H,17,18);;. The van der Waals surface area contributed by atoms with Gasteiger partial charge in [0, 0.05) is 77.5 Å². The van der Waals surface area contributed by atoms with Gasteiger partial charge in [-0.1, -0.05) is 12.1 Å². The predicted octanol–water partition coefficient (Wildman–Crippen LogP) is 2.08. The van der Waals surface area contributed by atoms with Gasteiger partial charge in [0.15, 0.2) is 5.89 Å². The van der Waals surface area contributed by atoms with Gasteiger partial charge in [0.2, 0.25) is 0 Å². The first kappa shape index (κ1) is 20.7. The van der Waals surface area contributed by atoms with Crippen LogP contribution < -0.4 is 0 Å². The summed E-state index contributed by atoms with van der Waals surface area (Å²) in [4.78, 5) is 14.7. The van der Waals surface area contributed by atoms with Gasteiger partial charge in [-0.15, -0.1) is 0 Å². The van der Waals surface area contributed by atoms with Crippen LogP contribution in [0.3, 0.4) is 0 Å². The number of rotatable bonds is 6. The number of phenols is 1. The molecule has 0 fully saturated rings. The number of para-hydroxylation sites is 1. The number of unbranched alkanes of at least 4 members (excludes halogenated alkanes) is 1. The number of carbonyl (C=O) groups is 1. The van der Waals surface area contributed by atoms with Crippen LogP contribution >= 0.6 is 0 Å². The molecule has 0 aliphatic carbocycles. The smallest absolute Gasteiger partial charge is 0.303 e. The maximum atomic E-state index is 10.4. The van der Waals surface area contributed by atoms with Crippen LogP contribution in [0, 0.1) is 0 Å². The van der Waals surface area contributed by atoms with E-state index in [9.17, 15) is 9.90 Å². The Labute approximate surface area is 167 Å². The molecule has 0 spiro atoms. The summed E-state index contributed by atoms with van der Waals surface area (Å²) in [6, 6.07) is 6.92. The minimum Gasteiger partial charge on any atom is -0.507 e. The molecule has 1 aromatic carbocycles. The average Bonchev–Trinajstić information content (AvgIpc) is 2.83. The van der Waals surface area contributed by atoms with E-state index in [4.69, 9.17) is 9.52 Å². The quantitative estimate of drug-likeness (QED) is 0.630. The van der Waals surface area contributed by atoms with Gasteiger partial charge in [-0.3, -0.25) is 4.79 Å². The Bertz CT molecular complexity index is 572. The van der Waals surface area contributed by atoms with Crippen molar-refractivity contribution in [2.24, 2.45) is 0 Å². The number of aromatic nitrogens is 1. The Hall–Kier alpha value is -0.300. The van der Waals surface area contributed by atoms with E-state index in [0.717, 1.165) is 0 Å². The molecule has 0 aliphatic heterocycles. The Morgan fingerprint density at radius 1 is 1.19 bits per heavy atom. The van der Waals surface area contributed by atoms with Crippen LogP contribution in [0.15, 0.2) is 34.9 Å². The van der Waals surface area contributed by atoms with Crippen LogP contribution in [0.25, 0.3) is 11.3 Å². The molecule has 0 amide bonds. The van der Waals surface area contributed by atoms with Crippen LogP contribution in [0.5, 0.6) is 5.75 Å². The van der Waals surface area contributed by atoms with Crippen LogP contribution in [-0.2, 0) is 11.2 Å². The van der Waals surface area contributed by atoms with Crippen molar-refractivity contribution in [2.45, 2.75) is 25.7 Å². The molecule has 0 saturated carbocycles. The van der Waals surface area contributed by atoms with E-state index in [1.165, 1.54) is 6.26 Å². The van der Waals surface area contributed by atoms with Gasteiger partial charge in [-0.25, -0.2) is 4.98 Å². The number of oxazole rings is 1. The van der Waals surface area contributed by atoms with E-state index in [2.05, 4.69) is 4.98 Å². The fourth-order valence-corrected chi connectivity index (χ4v) is 1.79. The molecule has 0 saturated heterocycles. The minimum absolute atomic E-state index is 0. The van der Waals surface area contributed by atoms with Crippen LogP contribution in [0.4, 0.5) is 0 Å². The first-order valence-corrected chi connectivity index (χ1v) is 6.11. The van der Waals surface area contributed by atoms with Crippen molar-refractivity contribution in [2.75, 3.05) is 0 Å². The summed E-state index contributed by atoms with van der Waals surface area (Å²) in [7, 11) is 0. The van der Waals surface area contributed by atoms with Crippen LogP contribution in [0.1, 0.15) is 25.2 Å². The Balaban J connectivity index is 0.00000200. The maximum absolute atomic E-state index is 10.4. The van der Waals surface area contributed by atoms with Crippen molar-refractivity contribution in [3.05, 3.63) is 36.4 Å². The van der Waals surface area contributed by atoms with Crippen molar-refractivity contribution >= 4 is 65.1 Å². The summed E-state index contributed by atoms with van der Waals surface area (Å²) in [6.07, 6.45) is 3.58. The Morgan fingerprint density at radius 2 is 1.90 bits per heavy atom. The third-order valence-corrected chi connectivity index (χ3v) is 2.76. The first-order chi connectivity index (χ1) is 9.16. The van der Waals surface area contributed by atoms with Gasteiger partial charge in [-0.05, 0) is 25.0 Å². The molecule has 0 atom stereocenters. The summed E-state index contributed by atoms with van der Waals surface area (Å²) in [5.74, 6) is -0.0702. The van der Waals surface area contributed by atoms with E-state index < -0.39 is 5.97 Å². The molecule has 21 heavy (non-hydrogen) atoms. The molecular formula is C14H15NNa2O4. The number of carboxylic acids is 1. The van der Waals surface area contributed by atoms with Gasteiger partial charge >= 0.3 is 5.97 Å². The molecule has 0 bridgehead atoms. The summed E-state index contributed by atoms with van der Waals surface area (Å²) in [5.41, 5.74) is 1.22. The van der Waals surface area contributed by atoms with Gasteiger partial charge in [0.25, 0.3) is 0 Å². The second-order valence-corrected chi connectivity index (χ2v) is 4.24. The van der Waals surface area contributed by atoms with Crippen molar-refractivity contribution in [3.63, 3.8) is 0 Å². The van der Waals surface area contributed by atoms with Crippen molar-refractivity contribution < 1.29 is 19.4 Å². The molecule has 2 N–H and O–H groups in total. The van der Waals surface area contributed by atoms with Crippen molar-refractivity contribution in [3.8, 4) is 17.0 Å². The maximum Gasteiger partial charge on any atom is 0.303 e. The number of aryl methyl sites for hydroxylation is 1. The number of nitrogens with zero attached hydrogens (tertiary/aromatic N) is 1. The van der Waals surface area contributed by atoms with E-state index in [1.54, 1.807) is 18.2 Å². The Kier molecular flexibility index (Phi) is 10.3. The second kappa shape index (κ2) is 10.4. The molecule has 0 aliphatic rings. The number of benzene rings is 1. The number of hydrogen-bond donors (Lipinski definition) is 2. The zero-order valence-corrected chi connectivity index (χ0v) is 16.4. The molecule has 2 radical (unpaired) electrons. The monoisotopic (exact) mass is 307 g/mol. The third-order valence-electron chi connectivity index (χ3n) is 2.76. The fourth-order valence-electron chi connectivity index (χ4n) is 1.79. The summed E-state index contributed by atoms with van der Waals surface area (Å²) < 4.78 is 5.31. The van der Waals surface area contributed by atoms with Gasteiger partial charge in [-0.2, -0.15) is 0 Å². The SMILES string of the molecule is O=C(O)CCCCc1nc(-c2ccccc2O)co1.[Na].[Na]. The van der Waals surface area contributed by atoms with E-state index in [0.29, 0.717) is 36.4 Å². The molecular weight excluding hydrogens is 292 g/mol.